The lowest BCUT2D eigenvalue weighted by atomic mass is 9.70. The molecule has 1 aliphatic heterocycles. The summed E-state index contributed by atoms with van der Waals surface area (Å²) < 4.78 is 10.3. The Kier molecular flexibility index (Phi) is 4.40. The van der Waals surface area contributed by atoms with E-state index in [1.165, 1.54) is 14.2 Å². The second kappa shape index (κ2) is 6.08. The van der Waals surface area contributed by atoms with Crippen molar-refractivity contribution in [2.24, 2.45) is 21.8 Å². The summed E-state index contributed by atoms with van der Waals surface area (Å²) in [5.41, 5.74) is 0. The highest BCUT2D eigenvalue weighted by atomic mass is 16.6. The monoisotopic (exact) mass is 294 g/mol. The third-order valence-electron chi connectivity index (χ3n) is 4.31. The van der Waals surface area contributed by atoms with Gasteiger partial charge in [0.1, 0.15) is 0 Å². The standard InChI is InChI=1S/C13H18N4O4/c1-7-8(4-5-14)11-9(6-10(7)17(18)19)15-12(20-2)13(16-11)21-3/h7-11H,4,6H2,1-3H3. The predicted molar refractivity (Wildman–Crippen MR) is 74.7 cm³/mol. The molecule has 8 heteroatoms. The van der Waals surface area contributed by atoms with Crippen LogP contribution in [-0.2, 0) is 9.47 Å². The Hall–Kier alpha value is -2.17. The molecule has 0 aromatic heterocycles. The van der Waals surface area contributed by atoms with Crippen LogP contribution >= 0.6 is 0 Å². The molecule has 5 atom stereocenters. The highest BCUT2D eigenvalue weighted by Crippen LogP contribution is 2.38. The van der Waals surface area contributed by atoms with Crippen molar-refractivity contribution in [1.82, 2.24) is 0 Å². The summed E-state index contributed by atoms with van der Waals surface area (Å²) in [6.07, 6.45) is 0.513. The molecule has 114 valence electrons. The number of ether oxygens (including phenoxy) is 2. The molecule has 0 N–H and O–H groups in total. The minimum atomic E-state index is -0.717. The number of rotatable bonds is 2. The van der Waals surface area contributed by atoms with Gasteiger partial charge in [0.2, 0.25) is 6.04 Å². The summed E-state index contributed by atoms with van der Waals surface area (Å²) in [5.74, 6) is 0.0954. The summed E-state index contributed by atoms with van der Waals surface area (Å²) in [7, 11) is 2.93. The highest BCUT2D eigenvalue weighted by Gasteiger charge is 2.49. The molecule has 2 rings (SSSR count). The maximum absolute atomic E-state index is 11.2. The summed E-state index contributed by atoms with van der Waals surface area (Å²) in [5, 5.41) is 20.3. The molecule has 0 radical (unpaired) electrons. The Morgan fingerprint density at radius 2 is 2.00 bits per heavy atom. The molecule has 2 aliphatic rings. The number of nitrogens with zero attached hydrogens (tertiary/aromatic N) is 4. The van der Waals surface area contributed by atoms with Crippen LogP contribution in [0.25, 0.3) is 0 Å². The van der Waals surface area contributed by atoms with E-state index in [2.05, 4.69) is 16.1 Å². The average Bonchev–Trinajstić information content (AvgIpc) is 2.48. The molecule has 8 nitrogen and oxygen atoms in total. The Balaban J connectivity index is 2.37. The van der Waals surface area contributed by atoms with Crippen LogP contribution in [0.4, 0.5) is 0 Å². The summed E-state index contributed by atoms with van der Waals surface area (Å²) in [6, 6.07) is 0.772. The maximum atomic E-state index is 11.2. The molecule has 21 heavy (non-hydrogen) atoms. The first-order valence-corrected chi connectivity index (χ1v) is 6.77. The molecule has 0 amide bonds. The van der Waals surface area contributed by atoms with Gasteiger partial charge in [-0.15, -0.1) is 0 Å². The molecule has 0 bridgehead atoms. The van der Waals surface area contributed by atoms with Crippen LogP contribution in [0.15, 0.2) is 9.98 Å². The van der Waals surface area contributed by atoms with Crippen molar-refractivity contribution < 1.29 is 14.4 Å². The van der Waals surface area contributed by atoms with Crippen molar-refractivity contribution in [3.63, 3.8) is 0 Å². The van der Waals surface area contributed by atoms with E-state index in [0.717, 1.165) is 0 Å². The number of aliphatic imine (C=N–C) groups is 2. The third-order valence-corrected chi connectivity index (χ3v) is 4.31. The molecule has 1 heterocycles. The first-order valence-electron chi connectivity index (χ1n) is 6.77. The van der Waals surface area contributed by atoms with Crippen LogP contribution in [-0.4, -0.2) is 49.1 Å². The van der Waals surface area contributed by atoms with Crippen molar-refractivity contribution in [1.29, 1.82) is 5.26 Å². The first kappa shape index (κ1) is 15.2. The Morgan fingerprint density at radius 1 is 1.38 bits per heavy atom. The molecule has 0 aromatic carbocycles. The Labute approximate surface area is 122 Å². The van der Waals surface area contributed by atoms with Gasteiger partial charge in [0.25, 0.3) is 11.8 Å². The van der Waals surface area contributed by atoms with Crippen molar-refractivity contribution in [2.45, 2.75) is 37.9 Å². The third kappa shape index (κ3) is 2.68. The lowest BCUT2D eigenvalue weighted by Gasteiger charge is -2.40. The van der Waals surface area contributed by atoms with E-state index in [4.69, 9.17) is 14.7 Å². The van der Waals surface area contributed by atoms with Crippen molar-refractivity contribution in [3.8, 4) is 6.07 Å². The topological polar surface area (TPSA) is 110 Å². The zero-order valence-corrected chi connectivity index (χ0v) is 12.2. The molecule has 0 saturated heterocycles. The molecular weight excluding hydrogens is 276 g/mol. The smallest absolute Gasteiger partial charge is 0.273 e. The molecule has 5 unspecified atom stereocenters. The van der Waals surface area contributed by atoms with Gasteiger partial charge in [0.15, 0.2) is 0 Å². The molecular formula is C13H18N4O4. The average molecular weight is 294 g/mol. The number of hydrogen-bond acceptors (Lipinski definition) is 7. The number of nitro groups is 1. The molecule has 1 saturated carbocycles. The largest absolute Gasteiger partial charge is 0.477 e. The van der Waals surface area contributed by atoms with E-state index in [1.807, 2.05) is 6.92 Å². The number of nitriles is 1. The summed E-state index contributed by atoms with van der Waals surface area (Å²) in [6.45, 7) is 1.81. The highest BCUT2D eigenvalue weighted by molar-refractivity contribution is 6.35. The van der Waals surface area contributed by atoms with E-state index in [0.29, 0.717) is 6.42 Å². The quantitative estimate of drug-likeness (QED) is 0.558. The lowest BCUT2D eigenvalue weighted by molar-refractivity contribution is -0.537. The van der Waals surface area contributed by atoms with E-state index in [-0.39, 0.29) is 47.1 Å². The number of fused-ring (bicyclic) bond motifs is 1. The minimum absolute atomic E-state index is 0.212. The van der Waals surface area contributed by atoms with Gasteiger partial charge in [-0.3, -0.25) is 10.1 Å². The second-order valence-corrected chi connectivity index (χ2v) is 5.31. The van der Waals surface area contributed by atoms with Crippen LogP contribution < -0.4 is 0 Å². The zero-order valence-electron chi connectivity index (χ0n) is 12.2. The minimum Gasteiger partial charge on any atom is -0.477 e. The number of methoxy groups -OCH3 is 2. The molecule has 1 aliphatic carbocycles. The summed E-state index contributed by atoms with van der Waals surface area (Å²) in [4.78, 5) is 19.9. The fourth-order valence-electron chi connectivity index (χ4n) is 3.16. The van der Waals surface area contributed by atoms with Gasteiger partial charge in [-0.25, -0.2) is 9.98 Å². The molecule has 0 aromatic rings. The van der Waals surface area contributed by atoms with Crippen LogP contribution in [0, 0.1) is 33.3 Å². The van der Waals surface area contributed by atoms with Crippen LogP contribution in [0.5, 0.6) is 0 Å². The predicted octanol–water partition coefficient (Wildman–Crippen LogP) is 1.04. The van der Waals surface area contributed by atoms with E-state index < -0.39 is 6.04 Å². The fourth-order valence-corrected chi connectivity index (χ4v) is 3.16. The van der Waals surface area contributed by atoms with Gasteiger partial charge >= 0.3 is 0 Å². The van der Waals surface area contributed by atoms with Gasteiger partial charge in [0, 0.05) is 29.6 Å². The first-order chi connectivity index (χ1) is 10.0. The van der Waals surface area contributed by atoms with E-state index >= 15 is 0 Å². The second-order valence-electron chi connectivity index (χ2n) is 5.31. The van der Waals surface area contributed by atoms with Crippen molar-refractivity contribution in [3.05, 3.63) is 10.1 Å². The van der Waals surface area contributed by atoms with E-state index in [1.54, 1.807) is 0 Å². The van der Waals surface area contributed by atoms with Crippen LogP contribution in [0.1, 0.15) is 19.8 Å². The fraction of sp³-hybridized carbons (Fsp3) is 0.769. The van der Waals surface area contributed by atoms with Crippen LogP contribution in [0.3, 0.4) is 0 Å². The van der Waals surface area contributed by atoms with Crippen LogP contribution in [0.2, 0.25) is 0 Å². The van der Waals surface area contributed by atoms with Crippen molar-refractivity contribution >= 4 is 11.8 Å². The van der Waals surface area contributed by atoms with Gasteiger partial charge in [-0.05, 0) is 0 Å². The lowest BCUT2D eigenvalue weighted by Crippen LogP contribution is -2.52. The summed E-state index contributed by atoms with van der Waals surface area (Å²) >= 11 is 0. The normalized spacial score (nSPS) is 34.9. The van der Waals surface area contributed by atoms with Gasteiger partial charge in [0.05, 0.1) is 32.4 Å². The Bertz CT molecular complexity index is 525. The number of hydrogen-bond donors (Lipinski definition) is 0. The van der Waals surface area contributed by atoms with Gasteiger partial charge in [-0.2, -0.15) is 5.26 Å². The van der Waals surface area contributed by atoms with Gasteiger partial charge < -0.3 is 9.47 Å². The SMILES string of the molecule is COC1=NC2CC([N+](=O)[O-])C(C)C(CC#N)C2N=C1OC. The maximum Gasteiger partial charge on any atom is 0.273 e. The Morgan fingerprint density at radius 3 is 2.52 bits per heavy atom. The zero-order chi connectivity index (χ0) is 15.6. The molecule has 0 spiro atoms. The van der Waals surface area contributed by atoms with Crippen molar-refractivity contribution in [2.75, 3.05) is 14.2 Å². The van der Waals surface area contributed by atoms with Gasteiger partial charge in [-0.1, -0.05) is 6.92 Å². The molecule has 1 fully saturated rings. The van der Waals surface area contributed by atoms with E-state index in [9.17, 15) is 10.1 Å².